The molecule has 1 aromatic carbocycles. The molecular formula is C16H19NO4. The van der Waals surface area contributed by atoms with Crippen LogP contribution in [0.25, 0.3) is 0 Å². The third-order valence-corrected chi connectivity index (χ3v) is 4.08. The van der Waals surface area contributed by atoms with Crippen molar-refractivity contribution in [2.45, 2.75) is 27.3 Å². The van der Waals surface area contributed by atoms with E-state index in [1.165, 1.54) is 18.9 Å². The summed E-state index contributed by atoms with van der Waals surface area (Å²) in [7, 11) is 1.52. The number of benzene rings is 1. The molecule has 1 aliphatic heterocycles. The summed E-state index contributed by atoms with van der Waals surface area (Å²) in [5, 5.41) is 0. The lowest BCUT2D eigenvalue weighted by atomic mass is 10.00. The molecule has 1 fully saturated rings. The number of methoxy groups -OCH3 is 1. The molecule has 0 radical (unpaired) electrons. The van der Waals surface area contributed by atoms with Crippen molar-refractivity contribution < 1.29 is 19.1 Å². The van der Waals surface area contributed by atoms with E-state index in [9.17, 15) is 14.4 Å². The third kappa shape index (κ3) is 2.68. The van der Waals surface area contributed by atoms with E-state index in [1.54, 1.807) is 32.0 Å². The van der Waals surface area contributed by atoms with E-state index in [2.05, 4.69) is 0 Å². The molecule has 0 bridgehead atoms. The summed E-state index contributed by atoms with van der Waals surface area (Å²) < 4.78 is 5.25. The fraction of sp³-hybridized carbons (Fsp3) is 0.438. The van der Waals surface area contributed by atoms with Crippen molar-refractivity contribution in [3.63, 3.8) is 0 Å². The van der Waals surface area contributed by atoms with E-state index < -0.39 is 0 Å². The molecular weight excluding hydrogens is 270 g/mol. The molecule has 0 N–H and O–H groups in total. The van der Waals surface area contributed by atoms with Gasteiger partial charge in [-0.15, -0.1) is 0 Å². The first kappa shape index (κ1) is 15.2. The Morgan fingerprint density at radius 3 is 2.24 bits per heavy atom. The fourth-order valence-corrected chi connectivity index (χ4v) is 2.48. The van der Waals surface area contributed by atoms with Gasteiger partial charge in [0.2, 0.25) is 11.8 Å². The molecule has 1 aliphatic rings. The smallest absolute Gasteiger partial charge is 0.233 e. The number of likely N-dealkylation sites (tertiary alicyclic amines) is 1. The molecule has 1 aromatic rings. The van der Waals surface area contributed by atoms with Crippen LogP contribution >= 0.6 is 0 Å². The van der Waals surface area contributed by atoms with Crippen molar-refractivity contribution >= 4 is 17.6 Å². The first-order valence-electron chi connectivity index (χ1n) is 6.90. The Morgan fingerprint density at radius 2 is 1.76 bits per heavy atom. The Labute approximate surface area is 123 Å². The fourth-order valence-electron chi connectivity index (χ4n) is 2.48. The highest BCUT2D eigenvalue weighted by Gasteiger charge is 2.42. The summed E-state index contributed by atoms with van der Waals surface area (Å²) in [6.45, 7) is 5.13. The molecule has 2 atom stereocenters. The van der Waals surface area contributed by atoms with Gasteiger partial charge >= 0.3 is 0 Å². The second-order valence-electron chi connectivity index (χ2n) is 5.42. The monoisotopic (exact) mass is 289 g/mol. The number of rotatable bonds is 4. The van der Waals surface area contributed by atoms with Crippen molar-refractivity contribution in [2.24, 2.45) is 11.8 Å². The van der Waals surface area contributed by atoms with Gasteiger partial charge in [0.25, 0.3) is 0 Å². The van der Waals surface area contributed by atoms with Crippen LogP contribution in [0, 0.1) is 11.8 Å². The van der Waals surface area contributed by atoms with Gasteiger partial charge < -0.3 is 4.74 Å². The number of Topliss-reactive ketones (excluding diaryl/α,β-unsaturated/α-hetero) is 1. The Morgan fingerprint density at radius 1 is 1.19 bits per heavy atom. The molecule has 1 saturated heterocycles. The van der Waals surface area contributed by atoms with Crippen molar-refractivity contribution in [3.8, 4) is 5.75 Å². The second-order valence-corrected chi connectivity index (χ2v) is 5.42. The molecule has 5 nitrogen and oxygen atoms in total. The topological polar surface area (TPSA) is 63.7 Å². The molecule has 1 heterocycles. The number of carbonyl (C=O) groups is 3. The highest BCUT2D eigenvalue weighted by molar-refractivity contribution is 6.04. The van der Waals surface area contributed by atoms with E-state index in [0.29, 0.717) is 16.9 Å². The maximum absolute atomic E-state index is 12.1. The average Bonchev–Trinajstić information content (AvgIpc) is 2.65. The Hall–Kier alpha value is -2.17. The minimum Gasteiger partial charge on any atom is -0.496 e. The van der Waals surface area contributed by atoms with Gasteiger partial charge in [0.1, 0.15) is 5.75 Å². The Kier molecular flexibility index (Phi) is 4.11. The molecule has 112 valence electrons. The molecule has 0 spiro atoms. The highest BCUT2D eigenvalue weighted by Crippen LogP contribution is 2.29. The lowest BCUT2D eigenvalue weighted by molar-refractivity contribution is -0.140. The zero-order chi connectivity index (χ0) is 15.7. The van der Waals surface area contributed by atoms with Crippen molar-refractivity contribution in [1.82, 2.24) is 4.90 Å². The largest absolute Gasteiger partial charge is 0.496 e. The predicted molar refractivity (Wildman–Crippen MR) is 76.9 cm³/mol. The van der Waals surface area contributed by atoms with Crippen LogP contribution in [0.5, 0.6) is 5.75 Å². The van der Waals surface area contributed by atoms with Crippen LogP contribution in [0.1, 0.15) is 36.7 Å². The van der Waals surface area contributed by atoms with E-state index >= 15 is 0 Å². The number of carbonyl (C=O) groups excluding carboxylic acids is 3. The number of amides is 2. The van der Waals surface area contributed by atoms with Crippen LogP contribution in [-0.2, 0) is 16.1 Å². The molecule has 0 aromatic heterocycles. The third-order valence-electron chi connectivity index (χ3n) is 4.08. The number of ether oxygens (including phenoxy) is 1. The Balaban J connectivity index is 2.34. The van der Waals surface area contributed by atoms with Gasteiger partial charge in [-0.05, 0) is 25.1 Å². The van der Waals surface area contributed by atoms with Gasteiger partial charge in [0.15, 0.2) is 5.78 Å². The summed E-state index contributed by atoms with van der Waals surface area (Å²) in [5.74, 6) is -0.475. The van der Waals surface area contributed by atoms with Crippen LogP contribution < -0.4 is 4.74 Å². The molecule has 0 aliphatic carbocycles. The van der Waals surface area contributed by atoms with Crippen LogP contribution in [0.3, 0.4) is 0 Å². The SMILES string of the molecule is COc1ccc(C(C)=O)cc1CN1C(=O)C(C)C(C)C1=O. The average molecular weight is 289 g/mol. The summed E-state index contributed by atoms with van der Waals surface area (Å²) in [6, 6.07) is 5.03. The first-order valence-corrected chi connectivity index (χ1v) is 6.90. The predicted octanol–water partition coefficient (Wildman–Crippen LogP) is 2.04. The van der Waals surface area contributed by atoms with E-state index in [4.69, 9.17) is 4.74 Å². The minimum absolute atomic E-state index is 0.0697. The second kappa shape index (κ2) is 5.68. The quantitative estimate of drug-likeness (QED) is 0.628. The van der Waals surface area contributed by atoms with Crippen molar-refractivity contribution in [2.75, 3.05) is 7.11 Å². The van der Waals surface area contributed by atoms with E-state index in [1.807, 2.05) is 0 Å². The van der Waals surface area contributed by atoms with Gasteiger partial charge in [0.05, 0.1) is 13.7 Å². The summed E-state index contributed by atoms with van der Waals surface area (Å²) in [6.07, 6.45) is 0. The zero-order valence-electron chi connectivity index (χ0n) is 12.7. The maximum atomic E-state index is 12.1. The summed E-state index contributed by atoms with van der Waals surface area (Å²) in [5.41, 5.74) is 1.19. The molecule has 5 heteroatoms. The highest BCUT2D eigenvalue weighted by atomic mass is 16.5. The summed E-state index contributed by atoms with van der Waals surface area (Å²) in [4.78, 5) is 37.0. The van der Waals surface area contributed by atoms with Gasteiger partial charge in [-0.1, -0.05) is 13.8 Å². The number of hydrogen-bond donors (Lipinski definition) is 0. The number of nitrogens with zero attached hydrogens (tertiary/aromatic N) is 1. The van der Waals surface area contributed by atoms with Crippen molar-refractivity contribution in [3.05, 3.63) is 29.3 Å². The van der Waals surface area contributed by atoms with Gasteiger partial charge in [-0.2, -0.15) is 0 Å². The zero-order valence-corrected chi connectivity index (χ0v) is 12.7. The summed E-state index contributed by atoms with van der Waals surface area (Å²) >= 11 is 0. The molecule has 2 amide bonds. The normalized spacial score (nSPS) is 21.8. The van der Waals surface area contributed by atoms with E-state index in [0.717, 1.165) is 0 Å². The maximum Gasteiger partial charge on any atom is 0.233 e. The molecule has 2 unspecified atom stereocenters. The standard InChI is InChI=1S/C16H19NO4/c1-9-10(2)16(20)17(15(9)19)8-13-7-12(11(3)18)5-6-14(13)21-4/h5-7,9-10H,8H2,1-4H3. The number of imide groups is 1. The van der Waals surface area contributed by atoms with E-state index in [-0.39, 0.29) is 36.0 Å². The molecule has 2 rings (SSSR count). The minimum atomic E-state index is -0.306. The lowest BCUT2D eigenvalue weighted by Crippen LogP contribution is -2.30. The molecule has 0 saturated carbocycles. The van der Waals surface area contributed by atoms with Crippen LogP contribution in [0.4, 0.5) is 0 Å². The Bertz CT molecular complexity index is 588. The van der Waals surface area contributed by atoms with Gasteiger partial charge in [-0.25, -0.2) is 0 Å². The molecule has 21 heavy (non-hydrogen) atoms. The lowest BCUT2D eigenvalue weighted by Gasteiger charge is -2.17. The van der Waals surface area contributed by atoms with Crippen LogP contribution in [0.2, 0.25) is 0 Å². The van der Waals surface area contributed by atoms with Crippen LogP contribution in [-0.4, -0.2) is 29.6 Å². The number of hydrogen-bond acceptors (Lipinski definition) is 4. The van der Waals surface area contributed by atoms with Gasteiger partial charge in [0, 0.05) is 23.0 Å². The van der Waals surface area contributed by atoms with Crippen molar-refractivity contribution in [1.29, 1.82) is 0 Å². The number of ketones is 1. The van der Waals surface area contributed by atoms with Gasteiger partial charge in [-0.3, -0.25) is 19.3 Å². The first-order chi connectivity index (χ1) is 9.86. The van der Waals surface area contributed by atoms with Crippen LogP contribution in [0.15, 0.2) is 18.2 Å².